The lowest BCUT2D eigenvalue weighted by molar-refractivity contribution is -0.141. The van der Waals surface area contributed by atoms with Crippen LogP contribution >= 0.6 is 17.0 Å². The molecule has 1 aliphatic heterocycles. The molecule has 0 bridgehead atoms. The second-order valence-corrected chi connectivity index (χ2v) is 2.72. The maximum absolute atomic E-state index is 10.5. The molecule has 1 unspecified atom stereocenters. The molecule has 0 fully saturated rings. The third kappa shape index (κ3) is 2.41. The topological polar surface area (TPSA) is 43.8 Å². The summed E-state index contributed by atoms with van der Waals surface area (Å²) in [5.74, 6) is -0.787. The highest BCUT2D eigenvalue weighted by atomic mass is 79.9. The fraction of sp³-hybridized carbons (Fsp3) is 0.571. The molecular weight excluding hydrogens is 224 g/mol. The Kier molecular flexibility index (Phi) is 4.09. The highest BCUT2D eigenvalue weighted by Crippen LogP contribution is 2.08. The summed E-state index contributed by atoms with van der Waals surface area (Å²) in [6.45, 7) is 2.33. The first-order valence-corrected chi connectivity index (χ1v) is 3.48. The van der Waals surface area contributed by atoms with Crippen molar-refractivity contribution >= 4 is 23.0 Å². The summed E-state index contributed by atoms with van der Waals surface area (Å²) >= 11 is 0. The predicted molar refractivity (Wildman–Crippen MR) is 51.0 cm³/mol. The third-order valence-electron chi connectivity index (χ3n) is 1.75. The number of nitrogens with zero attached hydrogens (tertiary/aromatic N) is 2. The Morgan fingerprint density at radius 1 is 1.58 bits per heavy atom. The van der Waals surface area contributed by atoms with Crippen LogP contribution in [0, 0.1) is 0 Å². The monoisotopic (exact) mass is 236 g/mol. The van der Waals surface area contributed by atoms with Gasteiger partial charge in [0, 0.05) is 19.4 Å². The van der Waals surface area contributed by atoms with Crippen LogP contribution in [0.3, 0.4) is 0 Å². The highest BCUT2D eigenvalue weighted by molar-refractivity contribution is 8.93. The number of carboxylic acids is 1. The molecule has 0 aromatic rings. The van der Waals surface area contributed by atoms with Crippen molar-refractivity contribution in [1.82, 2.24) is 9.80 Å². The molecule has 4 nitrogen and oxygen atoms in total. The number of hydrogen-bond acceptors (Lipinski definition) is 3. The van der Waals surface area contributed by atoms with Crippen LogP contribution in [0.1, 0.15) is 6.92 Å². The van der Waals surface area contributed by atoms with Gasteiger partial charge in [0.25, 0.3) is 0 Å². The zero-order valence-corrected chi connectivity index (χ0v) is 8.81. The van der Waals surface area contributed by atoms with Crippen molar-refractivity contribution in [2.75, 3.05) is 13.7 Å². The van der Waals surface area contributed by atoms with E-state index in [1.165, 1.54) is 0 Å². The Balaban J connectivity index is 0.00000121. The van der Waals surface area contributed by atoms with Gasteiger partial charge in [-0.05, 0) is 6.92 Å². The molecule has 1 N–H and O–H groups in total. The molecule has 1 heterocycles. The zero-order valence-electron chi connectivity index (χ0n) is 7.10. The molecule has 12 heavy (non-hydrogen) atoms. The van der Waals surface area contributed by atoms with Crippen molar-refractivity contribution in [3.8, 4) is 0 Å². The average molecular weight is 237 g/mol. The second kappa shape index (κ2) is 4.35. The average Bonchev–Trinajstić information content (AvgIpc) is 2.34. The quantitative estimate of drug-likeness (QED) is 0.768. The largest absolute Gasteiger partial charge is 0.480 e. The SMILES string of the molecule is Br.CC(C(=O)O)N1C=CN(C)C1. The third-order valence-corrected chi connectivity index (χ3v) is 1.75. The molecule has 0 radical (unpaired) electrons. The van der Waals surface area contributed by atoms with Crippen LogP contribution in [-0.4, -0.2) is 40.6 Å². The van der Waals surface area contributed by atoms with E-state index in [9.17, 15) is 4.79 Å². The summed E-state index contributed by atoms with van der Waals surface area (Å²) in [5.41, 5.74) is 0. The first-order chi connectivity index (χ1) is 5.11. The molecule has 1 aliphatic rings. The summed E-state index contributed by atoms with van der Waals surface area (Å²) in [6, 6.07) is -0.434. The Morgan fingerprint density at radius 2 is 2.17 bits per heavy atom. The number of carboxylic acid groups (broad SMARTS) is 1. The maximum Gasteiger partial charge on any atom is 0.326 e. The van der Waals surface area contributed by atoms with Crippen molar-refractivity contribution in [2.45, 2.75) is 13.0 Å². The van der Waals surface area contributed by atoms with E-state index in [1.54, 1.807) is 18.0 Å². The van der Waals surface area contributed by atoms with Crippen LogP contribution in [0.4, 0.5) is 0 Å². The standard InChI is InChI=1S/C7H12N2O2.BrH/c1-6(7(10)11)9-4-3-8(2)5-9;/h3-4,6H,5H2,1-2H3,(H,10,11);1H. The smallest absolute Gasteiger partial charge is 0.326 e. The normalized spacial score (nSPS) is 17.5. The van der Waals surface area contributed by atoms with E-state index in [0.29, 0.717) is 6.67 Å². The van der Waals surface area contributed by atoms with Gasteiger partial charge in [-0.15, -0.1) is 17.0 Å². The number of halogens is 1. The minimum atomic E-state index is -0.787. The summed E-state index contributed by atoms with van der Waals surface area (Å²) in [6.07, 6.45) is 3.65. The van der Waals surface area contributed by atoms with Crippen LogP contribution in [0.25, 0.3) is 0 Å². The predicted octanol–water partition coefficient (Wildman–Crippen LogP) is 0.714. The van der Waals surface area contributed by atoms with Crippen molar-refractivity contribution in [3.05, 3.63) is 12.4 Å². The molecular formula is C7H13BrN2O2. The van der Waals surface area contributed by atoms with Gasteiger partial charge in [0.1, 0.15) is 6.04 Å². The van der Waals surface area contributed by atoms with E-state index in [0.717, 1.165) is 0 Å². The van der Waals surface area contributed by atoms with Crippen molar-refractivity contribution in [1.29, 1.82) is 0 Å². The second-order valence-electron chi connectivity index (χ2n) is 2.72. The molecule has 0 saturated carbocycles. The Hall–Kier alpha value is -0.710. The summed E-state index contributed by atoms with van der Waals surface area (Å²) < 4.78 is 0. The molecule has 0 aromatic carbocycles. The molecule has 0 spiro atoms. The lowest BCUT2D eigenvalue weighted by Gasteiger charge is -2.21. The van der Waals surface area contributed by atoms with E-state index >= 15 is 0 Å². The van der Waals surface area contributed by atoms with E-state index in [1.807, 2.05) is 18.1 Å². The molecule has 0 aliphatic carbocycles. The fourth-order valence-corrected chi connectivity index (χ4v) is 0.945. The van der Waals surface area contributed by atoms with Crippen LogP contribution in [0.2, 0.25) is 0 Å². The summed E-state index contributed by atoms with van der Waals surface area (Å²) in [4.78, 5) is 14.2. The number of hydrogen-bond donors (Lipinski definition) is 1. The van der Waals surface area contributed by atoms with Gasteiger partial charge in [0.2, 0.25) is 0 Å². The van der Waals surface area contributed by atoms with Crippen LogP contribution in [0.15, 0.2) is 12.4 Å². The first-order valence-electron chi connectivity index (χ1n) is 3.48. The lowest BCUT2D eigenvalue weighted by atomic mass is 10.3. The van der Waals surface area contributed by atoms with E-state index in [4.69, 9.17) is 5.11 Å². The molecule has 0 aromatic heterocycles. The van der Waals surface area contributed by atoms with Gasteiger partial charge in [-0.2, -0.15) is 0 Å². The van der Waals surface area contributed by atoms with Gasteiger partial charge in [-0.3, -0.25) is 0 Å². The summed E-state index contributed by atoms with van der Waals surface area (Å²) in [7, 11) is 1.91. The van der Waals surface area contributed by atoms with Crippen LogP contribution in [-0.2, 0) is 4.79 Å². The molecule has 1 rings (SSSR count). The van der Waals surface area contributed by atoms with E-state index < -0.39 is 12.0 Å². The Labute approximate surface area is 82.2 Å². The zero-order chi connectivity index (χ0) is 8.43. The van der Waals surface area contributed by atoms with Gasteiger partial charge in [-0.25, -0.2) is 4.79 Å². The maximum atomic E-state index is 10.5. The number of carbonyl (C=O) groups is 1. The first kappa shape index (κ1) is 11.3. The van der Waals surface area contributed by atoms with Gasteiger partial charge in [0.05, 0.1) is 6.67 Å². The molecule has 0 amide bonds. The molecule has 5 heteroatoms. The molecule has 1 atom stereocenters. The van der Waals surface area contributed by atoms with Crippen LogP contribution in [0.5, 0.6) is 0 Å². The van der Waals surface area contributed by atoms with E-state index in [2.05, 4.69) is 0 Å². The summed E-state index contributed by atoms with van der Waals surface area (Å²) in [5, 5.41) is 8.63. The Bertz CT molecular complexity index is 196. The van der Waals surface area contributed by atoms with Crippen molar-refractivity contribution in [3.63, 3.8) is 0 Å². The van der Waals surface area contributed by atoms with Gasteiger partial charge in [0.15, 0.2) is 0 Å². The van der Waals surface area contributed by atoms with Crippen molar-refractivity contribution < 1.29 is 9.90 Å². The molecule has 70 valence electrons. The molecule has 0 saturated heterocycles. The minimum Gasteiger partial charge on any atom is -0.480 e. The van der Waals surface area contributed by atoms with E-state index in [-0.39, 0.29) is 17.0 Å². The van der Waals surface area contributed by atoms with Gasteiger partial charge < -0.3 is 14.9 Å². The fourth-order valence-electron chi connectivity index (χ4n) is 0.945. The number of aliphatic carboxylic acids is 1. The highest BCUT2D eigenvalue weighted by Gasteiger charge is 2.20. The van der Waals surface area contributed by atoms with Crippen LogP contribution < -0.4 is 0 Å². The van der Waals surface area contributed by atoms with Gasteiger partial charge in [-0.1, -0.05) is 0 Å². The van der Waals surface area contributed by atoms with Gasteiger partial charge >= 0.3 is 5.97 Å². The Morgan fingerprint density at radius 3 is 2.50 bits per heavy atom. The lowest BCUT2D eigenvalue weighted by Crippen LogP contribution is -2.36. The number of rotatable bonds is 2. The minimum absolute atomic E-state index is 0. The van der Waals surface area contributed by atoms with Crippen molar-refractivity contribution in [2.24, 2.45) is 0 Å².